The summed E-state index contributed by atoms with van der Waals surface area (Å²) in [4.78, 5) is 1.71. The second-order valence-electron chi connectivity index (χ2n) is 36.4. The lowest BCUT2D eigenvalue weighted by Crippen LogP contribution is -2.39. The Morgan fingerprint density at radius 2 is 0.474 bits per heavy atom. The molecule has 2 aliphatic rings. The number of rotatable bonds is 12. The van der Waals surface area contributed by atoms with E-state index in [0.717, 1.165) is 123 Å². The average molecular weight is 1740 g/mol. The summed E-state index contributed by atoms with van der Waals surface area (Å²) < 4.78 is 17.3. The zero-order valence-corrected chi connectivity index (χ0v) is 74.0. The molecule has 2 unspecified atom stereocenters. The van der Waals surface area contributed by atoms with Gasteiger partial charge in [0.15, 0.2) is 0 Å². The number of nitrogens with zero attached hydrogens (tertiary/aromatic N) is 8. The predicted molar refractivity (Wildman–Crippen MR) is 570 cm³/mol. The van der Waals surface area contributed by atoms with E-state index in [1.807, 2.05) is 0 Å². The van der Waals surface area contributed by atoms with Crippen molar-refractivity contribution in [3.8, 4) is 73.2 Å². The van der Waals surface area contributed by atoms with Crippen LogP contribution >= 0.6 is 12.6 Å². The van der Waals surface area contributed by atoms with Crippen LogP contribution in [0.1, 0.15) is 17.0 Å². The Labute approximate surface area is 781 Å². The Bertz CT molecular complexity index is 9800. The molecule has 0 amide bonds. The lowest BCUT2D eigenvalue weighted by molar-refractivity contribution is 0.694. The second-order valence-corrected chi connectivity index (χ2v) is 37.1. The van der Waals surface area contributed by atoms with Crippen molar-refractivity contribution in [3.05, 3.63) is 484 Å². The van der Waals surface area contributed by atoms with Gasteiger partial charge in [0.2, 0.25) is 0 Å². The highest BCUT2D eigenvalue weighted by Crippen LogP contribution is 2.59. The second kappa shape index (κ2) is 29.1. The van der Waals surface area contributed by atoms with E-state index in [1.54, 1.807) is 0 Å². The van der Waals surface area contributed by atoms with Gasteiger partial charge in [0.1, 0.15) is 4.87 Å². The zero-order valence-electron chi connectivity index (χ0n) is 73.1. The smallest absolute Gasteiger partial charge is 0.117 e. The first-order valence-corrected chi connectivity index (χ1v) is 47.0. The third kappa shape index (κ3) is 11.0. The summed E-state index contributed by atoms with van der Waals surface area (Å²) in [7, 11) is 0. The van der Waals surface area contributed by atoms with E-state index in [0.29, 0.717) is 0 Å². The molecule has 8 nitrogen and oxygen atoms in total. The number of fused-ring (bicyclic) bond motifs is 27. The summed E-state index contributed by atoms with van der Waals surface area (Å²) in [5.41, 5.74) is 36.7. The van der Waals surface area contributed by atoms with E-state index in [9.17, 15) is 0 Å². The number of hydrogen-bond acceptors (Lipinski definition) is 2. The largest absolute Gasteiger partial charge is 0.322 e. The van der Waals surface area contributed by atoms with Crippen molar-refractivity contribution in [2.75, 3.05) is 4.90 Å². The molecule has 1 aliphatic heterocycles. The highest BCUT2D eigenvalue weighted by Gasteiger charge is 2.49. The van der Waals surface area contributed by atoms with Crippen molar-refractivity contribution in [3.63, 3.8) is 0 Å². The van der Waals surface area contributed by atoms with Crippen molar-refractivity contribution in [1.82, 2.24) is 32.0 Å². The summed E-state index contributed by atoms with van der Waals surface area (Å²) in [6, 6.07) is 169. The molecule has 1 aliphatic carbocycles. The van der Waals surface area contributed by atoms with Crippen molar-refractivity contribution < 1.29 is 0 Å². The van der Waals surface area contributed by atoms with E-state index >= 15 is 0 Å². The molecule has 7 aromatic heterocycles. The van der Waals surface area contributed by atoms with Gasteiger partial charge in [-0.2, -0.15) is 0 Å². The van der Waals surface area contributed by atoms with Gasteiger partial charge in [-0.25, -0.2) is 0 Å². The number of hydrogen-bond donors (Lipinski definition) is 1. The van der Waals surface area contributed by atoms with E-state index in [4.69, 9.17) is 12.6 Å². The molecule has 9 heteroatoms. The lowest BCUT2D eigenvalue weighted by atomic mass is 9.84. The average Bonchev–Trinajstić information content (AvgIpc) is 1.56. The number of aromatic nitrogens is 7. The molecule has 630 valence electrons. The Balaban J connectivity index is 0.538. The van der Waals surface area contributed by atoms with Crippen LogP contribution in [0.15, 0.2) is 473 Å². The summed E-state index contributed by atoms with van der Waals surface area (Å²) in [5, 5.41) is 17.0. The monoisotopic (exact) mass is 1740 g/mol. The van der Waals surface area contributed by atoms with Crippen LogP contribution in [0.25, 0.3) is 231 Å². The summed E-state index contributed by atoms with van der Waals surface area (Å²) in [6.45, 7) is 0. The Morgan fingerprint density at radius 3 is 0.874 bits per heavy atom. The van der Waals surface area contributed by atoms with Gasteiger partial charge in [-0.05, 0) is 244 Å². The van der Waals surface area contributed by atoms with Crippen LogP contribution in [-0.2, 0) is 0 Å². The van der Waals surface area contributed by atoms with Gasteiger partial charge in [-0.3, -0.25) is 0 Å². The fourth-order valence-electron chi connectivity index (χ4n) is 23.6. The van der Waals surface area contributed by atoms with E-state index in [-0.39, 0.29) is 5.92 Å². The molecule has 29 rings (SSSR count). The molecule has 0 bridgehead atoms. The van der Waals surface area contributed by atoms with Crippen LogP contribution in [0.3, 0.4) is 0 Å². The molecule has 8 heterocycles. The quantitative estimate of drug-likeness (QED) is 0.122. The van der Waals surface area contributed by atoms with Gasteiger partial charge in [-0.15, -0.1) is 12.6 Å². The Hall–Kier alpha value is -17.4. The van der Waals surface area contributed by atoms with E-state index < -0.39 is 4.87 Å². The molecule has 0 saturated carbocycles. The van der Waals surface area contributed by atoms with Crippen molar-refractivity contribution in [2.45, 2.75) is 10.8 Å². The summed E-state index contributed by atoms with van der Waals surface area (Å²) >= 11 is 5.87. The number of anilines is 2. The fraction of sp³-hybridized carbons (Fsp3) is 0.0159. The molecule has 0 radical (unpaired) electrons. The summed E-state index contributed by atoms with van der Waals surface area (Å²) in [6.07, 6.45) is 7.14. The van der Waals surface area contributed by atoms with Crippen LogP contribution in [-0.4, -0.2) is 36.8 Å². The molecule has 2 atom stereocenters. The number of allylic oxidation sites excluding steroid dienone is 2. The van der Waals surface area contributed by atoms with Crippen LogP contribution in [0.2, 0.25) is 0 Å². The highest BCUT2D eigenvalue weighted by molar-refractivity contribution is 7.82. The molecule has 0 saturated heterocycles. The first-order valence-electron chi connectivity index (χ1n) is 46.5. The maximum atomic E-state index is 5.87. The lowest BCUT2D eigenvalue weighted by Gasteiger charge is -2.39. The van der Waals surface area contributed by atoms with Gasteiger partial charge in [-0.1, -0.05) is 279 Å². The predicted octanol–water partition coefficient (Wildman–Crippen LogP) is 32.9. The summed E-state index contributed by atoms with van der Waals surface area (Å²) in [5.74, 6) is -0.138. The maximum Gasteiger partial charge on any atom is 0.117 e. The van der Waals surface area contributed by atoms with Crippen LogP contribution in [0.5, 0.6) is 0 Å². The Kier molecular flexibility index (Phi) is 16.2. The molecule has 0 spiro atoms. The number of benzene rings is 20. The van der Waals surface area contributed by atoms with Crippen LogP contribution in [0, 0.1) is 0 Å². The van der Waals surface area contributed by atoms with E-state index in [1.165, 1.54) is 131 Å². The van der Waals surface area contributed by atoms with Gasteiger partial charge < -0.3 is 36.9 Å². The molecule has 0 N–H and O–H groups in total. The van der Waals surface area contributed by atoms with Crippen molar-refractivity contribution >= 4 is 182 Å². The normalized spacial score (nSPS) is 14.5. The third-order valence-corrected chi connectivity index (χ3v) is 29.9. The van der Waals surface area contributed by atoms with Gasteiger partial charge in [0.05, 0.1) is 77.2 Å². The first kappa shape index (κ1) is 75.4. The molecular weight excluding hydrogens is 1660 g/mol. The maximum absolute atomic E-state index is 5.87. The SMILES string of the molecule is SC12C=CC(c3cccc(-n4c5ccccc5c5c4ccc4c6ccccc6n(-c6cccc(-c7ccc8c(c7)c7cc(-c9cccc(-n%10c%11ccccc%11c%11ccc%12c(c%13ccccc%13n%12-c%12ccccc%12)c%11%10)c9)ccc7n8-c7ccccc7)c6)c45)c3)=CC1c1cc(-c3cccc(-n4c5ccccc5c5ccc6c(c7ccccc7n6-c6ccccc6)c54)c3)ccc1N2c1ccccc1. The minimum atomic E-state index is -0.728. The molecule has 135 heavy (non-hydrogen) atoms. The molecular formula is C126H80N8S. The first-order chi connectivity index (χ1) is 66.9. The van der Waals surface area contributed by atoms with Crippen molar-refractivity contribution in [1.29, 1.82) is 0 Å². The minimum Gasteiger partial charge on any atom is -0.322 e. The highest BCUT2D eigenvalue weighted by atomic mass is 32.1. The van der Waals surface area contributed by atoms with E-state index in [2.05, 4.69) is 510 Å². The minimum absolute atomic E-state index is 0.138. The van der Waals surface area contributed by atoms with Crippen LogP contribution < -0.4 is 4.90 Å². The van der Waals surface area contributed by atoms with Gasteiger partial charge in [0.25, 0.3) is 0 Å². The molecule has 0 fully saturated rings. The molecule has 20 aromatic carbocycles. The number of para-hydroxylation sites is 10. The topological polar surface area (TPSA) is 37.8 Å². The van der Waals surface area contributed by atoms with Crippen LogP contribution in [0.4, 0.5) is 11.4 Å². The Morgan fingerprint density at radius 1 is 0.193 bits per heavy atom. The van der Waals surface area contributed by atoms with Gasteiger partial charge in [0, 0.05) is 133 Å². The standard InChI is InChI=1S/C126H80N8S/c135-126-70-69-86(78-107(126)106-77-85(59-65-116(106)134(126)90-39-11-4-12-40-90)81-31-28-44-94(74-81)132-109-52-20-14-46-96(109)99-61-67-118-121(124(99)132)102-49-17-23-55-112(102)129(118)89-37-9-3-10-38-89)82-32-25-41-91(71-82)130-113-56-24-18-50-103(113)122-119(130)68-62-100-97-47-15-21-53-110(97)133(125(100)122)93-43-27-30-80(73-93)84-58-64-115-105(76-84)104-75-83(57-63-114(104)127(115)87-33-5-1-6-34-87)79-29-26-42-92(72-79)131-108-51-19-13-45-95(108)98-60-66-117-120(123(98)131)101-48-16-22-54-111(101)128(117)88-35-7-2-8-36-88/h1-78,107,135H. The number of thiol groups is 1. The fourth-order valence-corrected chi connectivity index (χ4v) is 24.1. The molecule has 27 aromatic rings. The van der Waals surface area contributed by atoms with Crippen molar-refractivity contribution in [2.24, 2.45) is 0 Å². The third-order valence-electron chi connectivity index (χ3n) is 29.3. The zero-order chi connectivity index (χ0) is 88.4. The van der Waals surface area contributed by atoms with Gasteiger partial charge >= 0.3 is 0 Å².